The summed E-state index contributed by atoms with van der Waals surface area (Å²) in [5, 5.41) is 2.71. The summed E-state index contributed by atoms with van der Waals surface area (Å²) in [5.74, 6) is 4.63. The van der Waals surface area contributed by atoms with Gasteiger partial charge >= 0.3 is 6.03 Å². The van der Waals surface area contributed by atoms with Gasteiger partial charge in [-0.05, 0) is 24.3 Å². The van der Waals surface area contributed by atoms with E-state index in [-0.39, 0.29) is 23.7 Å². The highest BCUT2D eigenvalue weighted by Gasteiger charge is 2.12. The van der Waals surface area contributed by atoms with Gasteiger partial charge in [0.2, 0.25) is 5.88 Å². The molecule has 0 bridgehead atoms. The zero-order valence-corrected chi connectivity index (χ0v) is 11.5. The number of aromatic nitrogens is 1. The molecule has 8 heteroatoms. The average molecular weight is 311 g/mol. The predicted octanol–water partition coefficient (Wildman–Crippen LogP) is 2.45. The summed E-state index contributed by atoms with van der Waals surface area (Å²) in [6.07, 6.45) is 1.50. The van der Waals surface area contributed by atoms with Crippen LogP contribution in [0.25, 0.3) is 0 Å². The van der Waals surface area contributed by atoms with E-state index in [9.17, 15) is 9.18 Å². The van der Waals surface area contributed by atoms with Gasteiger partial charge in [0.25, 0.3) is 0 Å². The van der Waals surface area contributed by atoms with Crippen LogP contribution in [0.15, 0.2) is 36.5 Å². The molecule has 0 radical (unpaired) electrons. The van der Waals surface area contributed by atoms with Crippen LogP contribution in [0.4, 0.5) is 14.9 Å². The minimum absolute atomic E-state index is 0.149. The minimum atomic E-state index is -0.669. The molecule has 21 heavy (non-hydrogen) atoms. The number of amides is 2. The lowest BCUT2D eigenvalue weighted by atomic mass is 10.2. The zero-order chi connectivity index (χ0) is 15.2. The van der Waals surface area contributed by atoms with Gasteiger partial charge in [0, 0.05) is 11.8 Å². The van der Waals surface area contributed by atoms with Crippen LogP contribution in [0.2, 0.25) is 5.02 Å². The molecular formula is C13H12ClFN4O2. The average Bonchev–Trinajstić information content (AvgIpc) is 2.48. The molecule has 2 rings (SSSR count). The molecule has 0 spiro atoms. The number of hydrazine groups is 1. The van der Waals surface area contributed by atoms with Gasteiger partial charge < -0.3 is 10.1 Å². The number of benzene rings is 1. The molecule has 2 aromatic rings. The lowest BCUT2D eigenvalue weighted by Crippen LogP contribution is -2.34. The fourth-order valence-corrected chi connectivity index (χ4v) is 1.77. The number of hydrogen-bond donors (Lipinski definition) is 3. The Labute approximate surface area is 125 Å². The van der Waals surface area contributed by atoms with Crippen molar-refractivity contribution in [2.75, 3.05) is 5.32 Å². The highest BCUT2D eigenvalue weighted by atomic mass is 35.5. The molecule has 0 aliphatic rings. The molecule has 0 saturated heterocycles. The van der Waals surface area contributed by atoms with Crippen molar-refractivity contribution in [3.63, 3.8) is 0 Å². The van der Waals surface area contributed by atoms with Crippen molar-refractivity contribution in [1.82, 2.24) is 10.4 Å². The first kappa shape index (κ1) is 15.0. The first-order valence-electron chi connectivity index (χ1n) is 5.90. The van der Waals surface area contributed by atoms with E-state index in [1.165, 1.54) is 24.4 Å². The van der Waals surface area contributed by atoms with Gasteiger partial charge in [-0.3, -0.25) is 5.43 Å². The van der Waals surface area contributed by atoms with E-state index < -0.39 is 11.8 Å². The lowest BCUT2D eigenvalue weighted by Gasteiger charge is -2.12. The van der Waals surface area contributed by atoms with Crippen LogP contribution in [-0.4, -0.2) is 11.0 Å². The predicted molar refractivity (Wildman–Crippen MR) is 76.3 cm³/mol. The van der Waals surface area contributed by atoms with Crippen LogP contribution in [0.3, 0.4) is 0 Å². The SMILES string of the molecule is NNC(=O)Nc1cccc(F)c1COc1ncccc1Cl. The van der Waals surface area contributed by atoms with Gasteiger partial charge in [-0.2, -0.15) is 0 Å². The number of rotatable bonds is 4. The molecule has 1 aromatic carbocycles. The van der Waals surface area contributed by atoms with Gasteiger partial charge in [0.1, 0.15) is 17.4 Å². The Balaban J connectivity index is 2.19. The monoisotopic (exact) mass is 310 g/mol. The first-order valence-corrected chi connectivity index (χ1v) is 6.28. The molecule has 1 heterocycles. The van der Waals surface area contributed by atoms with Crippen molar-refractivity contribution >= 4 is 23.3 Å². The summed E-state index contributed by atoms with van der Waals surface area (Å²) in [5.41, 5.74) is 2.29. The summed E-state index contributed by atoms with van der Waals surface area (Å²) >= 11 is 5.90. The van der Waals surface area contributed by atoms with Crippen LogP contribution in [-0.2, 0) is 6.61 Å². The fraction of sp³-hybridized carbons (Fsp3) is 0.0769. The molecule has 6 nitrogen and oxygen atoms in total. The smallest absolute Gasteiger partial charge is 0.333 e. The quantitative estimate of drug-likeness (QED) is 0.460. The molecule has 110 valence electrons. The van der Waals surface area contributed by atoms with Crippen molar-refractivity contribution in [2.24, 2.45) is 5.84 Å². The Morgan fingerprint density at radius 3 is 2.90 bits per heavy atom. The van der Waals surface area contributed by atoms with Gasteiger partial charge in [-0.15, -0.1) is 0 Å². The Morgan fingerprint density at radius 2 is 2.19 bits per heavy atom. The number of hydrogen-bond acceptors (Lipinski definition) is 4. The summed E-state index contributed by atoms with van der Waals surface area (Å²) in [7, 11) is 0. The van der Waals surface area contributed by atoms with Crippen molar-refractivity contribution < 1.29 is 13.9 Å². The molecule has 0 saturated carbocycles. The van der Waals surface area contributed by atoms with E-state index in [1.54, 1.807) is 12.1 Å². The summed E-state index contributed by atoms with van der Waals surface area (Å²) in [4.78, 5) is 15.2. The molecule has 1 aromatic heterocycles. The highest BCUT2D eigenvalue weighted by molar-refractivity contribution is 6.31. The molecule has 0 aliphatic carbocycles. The van der Waals surface area contributed by atoms with E-state index in [2.05, 4.69) is 10.3 Å². The van der Waals surface area contributed by atoms with Gasteiger partial charge in [-0.25, -0.2) is 20.0 Å². The van der Waals surface area contributed by atoms with E-state index in [0.717, 1.165) is 0 Å². The van der Waals surface area contributed by atoms with Crippen molar-refractivity contribution in [2.45, 2.75) is 6.61 Å². The highest BCUT2D eigenvalue weighted by Crippen LogP contribution is 2.24. The number of carbonyl (C=O) groups is 1. The van der Waals surface area contributed by atoms with Crippen LogP contribution >= 0.6 is 11.6 Å². The molecule has 0 aliphatic heterocycles. The summed E-state index contributed by atoms with van der Waals surface area (Å²) in [6, 6.07) is 6.82. The largest absolute Gasteiger partial charge is 0.472 e. The van der Waals surface area contributed by atoms with E-state index >= 15 is 0 Å². The van der Waals surface area contributed by atoms with Crippen LogP contribution in [0.1, 0.15) is 5.56 Å². The molecule has 4 N–H and O–H groups in total. The molecule has 0 atom stereocenters. The number of urea groups is 1. The normalized spacial score (nSPS) is 10.0. The van der Waals surface area contributed by atoms with Crippen LogP contribution in [0.5, 0.6) is 5.88 Å². The van der Waals surface area contributed by atoms with Crippen LogP contribution in [0, 0.1) is 5.82 Å². The lowest BCUT2D eigenvalue weighted by molar-refractivity contribution is 0.252. The van der Waals surface area contributed by atoms with E-state index in [1.807, 2.05) is 5.43 Å². The zero-order valence-electron chi connectivity index (χ0n) is 10.8. The molecule has 2 amide bonds. The third-order valence-corrected chi connectivity index (χ3v) is 2.86. The molecule has 0 fully saturated rings. The number of pyridine rings is 1. The Morgan fingerprint density at radius 1 is 1.38 bits per heavy atom. The van der Waals surface area contributed by atoms with Crippen molar-refractivity contribution in [1.29, 1.82) is 0 Å². The van der Waals surface area contributed by atoms with E-state index in [4.69, 9.17) is 22.2 Å². The standard InChI is InChI=1S/C13H12ClFN4O2/c14-9-3-2-6-17-12(9)21-7-8-10(15)4-1-5-11(8)18-13(20)19-16/h1-6H,7,16H2,(H2,18,19,20). The van der Waals surface area contributed by atoms with Crippen molar-refractivity contribution in [3.8, 4) is 5.88 Å². The van der Waals surface area contributed by atoms with Gasteiger partial charge in [0.15, 0.2) is 0 Å². The second-order valence-corrected chi connectivity index (χ2v) is 4.35. The number of anilines is 1. The number of halogens is 2. The number of carbonyl (C=O) groups excluding carboxylic acids is 1. The number of nitrogens with zero attached hydrogens (tertiary/aromatic N) is 1. The first-order chi connectivity index (χ1) is 10.1. The Hall–Kier alpha value is -2.38. The van der Waals surface area contributed by atoms with Crippen LogP contribution < -0.4 is 21.3 Å². The molecule has 0 unspecified atom stereocenters. The Kier molecular flexibility index (Phi) is 4.91. The number of nitrogens with one attached hydrogen (secondary N) is 2. The fourth-order valence-electron chi connectivity index (χ4n) is 1.60. The maximum atomic E-state index is 13.9. The maximum Gasteiger partial charge on any atom is 0.333 e. The summed E-state index contributed by atoms with van der Waals surface area (Å²) < 4.78 is 19.2. The Bertz CT molecular complexity index is 654. The number of nitrogens with two attached hydrogens (primary N) is 1. The summed E-state index contributed by atoms with van der Waals surface area (Å²) in [6.45, 7) is -0.149. The van der Waals surface area contributed by atoms with Gasteiger partial charge in [0.05, 0.1) is 5.69 Å². The number of ether oxygens (including phenoxy) is 1. The second-order valence-electron chi connectivity index (χ2n) is 3.94. The minimum Gasteiger partial charge on any atom is -0.472 e. The third-order valence-electron chi connectivity index (χ3n) is 2.58. The van der Waals surface area contributed by atoms with E-state index in [0.29, 0.717) is 5.02 Å². The van der Waals surface area contributed by atoms with Crippen molar-refractivity contribution in [3.05, 3.63) is 52.9 Å². The molecular weight excluding hydrogens is 299 g/mol. The third kappa shape index (κ3) is 3.80. The maximum absolute atomic E-state index is 13.9. The van der Waals surface area contributed by atoms with Gasteiger partial charge in [-0.1, -0.05) is 17.7 Å². The topological polar surface area (TPSA) is 89.3 Å². The second kappa shape index (κ2) is 6.87.